The van der Waals surface area contributed by atoms with Crippen molar-refractivity contribution in [3.63, 3.8) is 0 Å². The van der Waals surface area contributed by atoms with E-state index in [9.17, 15) is 0 Å². The van der Waals surface area contributed by atoms with Crippen molar-refractivity contribution in [1.29, 1.82) is 0 Å². The summed E-state index contributed by atoms with van der Waals surface area (Å²) < 4.78 is 0. The third-order valence-corrected chi connectivity index (χ3v) is 3.67. The molecule has 0 spiro atoms. The van der Waals surface area contributed by atoms with Crippen molar-refractivity contribution in [2.75, 3.05) is 13.1 Å². The molecular weight excluding hydrogens is 224 g/mol. The monoisotopic (exact) mass is 248 g/mol. The number of hydrogen-bond acceptors (Lipinski definition) is 4. The number of rotatable bonds is 4. The predicted molar refractivity (Wildman–Crippen MR) is 73.3 cm³/mol. The van der Waals surface area contributed by atoms with Gasteiger partial charge in [0.2, 0.25) is 0 Å². The molecule has 1 aliphatic heterocycles. The van der Waals surface area contributed by atoms with Gasteiger partial charge in [0, 0.05) is 31.0 Å². The highest BCUT2D eigenvalue weighted by Gasteiger charge is 2.20. The zero-order valence-electron chi connectivity index (χ0n) is 11.7. The summed E-state index contributed by atoms with van der Waals surface area (Å²) in [5.41, 5.74) is 2.01. The SMILES string of the molecule is Cc1cnc(CNC2CCN(C(C)C)CC2)cn1. The Kier molecular flexibility index (Phi) is 4.66. The van der Waals surface area contributed by atoms with Gasteiger partial charge in [0.25, 0.3) is 0 Å². The lowest BCUT2D eigenvalue weighted by atomic mass is 10.0. The van der Waals surface area contributed by atoms with Crippen LogP contribution in [0.4, 0.5) is 0 Å². The lowest BCUT2D eigenvalue weighted by Crippen LogP contribution is -2.44. The van der Waals surface area contributed by atoms with E-state index in [-0.39, 0.29) is 0 Å². The van der Waals surface area contributed by atoms with Crippen molar-refractivity contribution < 1.29 is 0 Å². The maximum atomic E-state index is 4.37. The minimum Gasteiger partial charge on any atom is -0.308 e. The van der Waals surface area contributed by atoms with Gasteiger partial charge >= 0.3 is 0 Å². The fourth-order valence-corrected chi connectivity index (χ4v) is 2.38. The zero-order valence-corrected chi connectivity index (χ0v) is 11.7. The first-order valence-electron chi connectivity index (χ1n) is 6.90. The smallest absolute Gasteiger partial charge is 0.0724 e. The van der Waals surface area contributed by atoms with E-state index in [2.05, 4.69) is 34.0 Å². The first-order chi connectivity index (χ1) is 8.65. The van der Waals surface area contributed by atoms with Crippen molar-refractivity contribution in [3.8, 4) is 0 Å². The molecule has 1 aromatic rings. The molecule has 1 aromatic heterocycles. The molecule has 1 aliphatic rings. The third-order valence-electron chi connectivity index (χ3n) is 3.67. The van der Waals surface area contributed by atoms with Crippen LogP contribution in [0.5, 0.6) is 0 Å². The van der Waals surface area contributed by atoms with Crippen LogP contribution < -0.4 is 5.32 Å². The Labute approximate surface area is 110 Å². The molecule has 4 nitrogen and oxygen atoms in total. The molecule has 100 valence electrons. The van der Waals surface area contributed by atoms with Gasteiger partial charge in [-0.1, -0.05) is 0 Å². The Bertz CT molecular complexity index is 353. The average Bonchev–Trinajstić information content (AvgIpc) is 2.38. The maximum Gasteiger partial charge on any atom is 0.0724 e. The summed E-state index contributed by atoms with van der Waals surface area (Å²) in [7, 11) is 0. The third kappa shape index (κ3) is 3.75. The summed E-state index contributed by atoms with van der Waals surface area (Å²) in [6.07, 6.45) is 6.17. The van der Waals surface area contributed by atoms with Crippen LogP contribution in [0, 0.1) is 6.92 Å². The molecule has 4 heteroatoms. The van der Waals surface area contributed by atoms with Crippen LogP contribution in [0.1, 0.15) is 38.1 Å². The minimum absolute atomic E-state index is 0.628. The molecule has 0 radical (unpaired) electrons. The first-order valence-corrected chi connectivity index (χ1v) is 6.90. The number of hydrogen-bond donors (Lipinski definition) is 1. The van der Waals surface area contributed by atoms with Crippen molar-refractivity contribution >= 4 is 0 Å². The second-order valence-corrected chi connectivity index (χ2v) is 5.43. The lowest BCUT2D eigenvalue weighted by Gasteiger charge is -2.34. The van der Waals surface area contributed by atoms with E-state index in [0.29, 0.717) is 12.1 Å². The lowest BCUT2D eigenvalue weighted by molar-refractivity contribution is 0.160. The second kappa shape index (κ2) is 6.25. The second-order valence-electron chi connectivity index (χ2n) is 5.43. The number of aryl methyl sites for hydroxylation is 1. The van der Waals surface area contributed by atoms with E-state index in [4.69, 9.17) is 0 Å². The number of piperidine rings is 1. The fraction of sp³-hybridized carbons (Fsp3) is 0.714. The van der Waals surface area contributed by atoms with Crippen molar-refractivity contribution in [2.45, 2.75) is 52.2 Å². The molecule has 1 fully saturated rings. The quantitative estimate of drug-likeness (QED) is 0.881. The van der Waals surface area contributed by atoms with Gasteiger partial charge in [-0.05, 0) is 46.7 Å². The molecule has 0 saturated carbocycles. The standard InChI is InChI=1S/C14H24N4/c1-11(2)18-6-4-13(5-7-18)17-10-14-9-15-12(3)8-16-14/h8-9,11,13,17H,4-7,10H2,1-3H3. The topological polar surface area (TPSA) is 41.1 Å². The number of nitrogens with zero attached hydrogens (tertiary/aromatic N) is 3. The molecule has 1 saturated heterocycles. The van der Waals surface area contributed by atoms with Gasteiger partial charge in [0.05, 0.1) is 11.4 Å². The summed E-state index contributed by atoms with van der Waals surface area (Å²) in [4.78, 5) is 11.2. The van der Waals surface area contributed by atoms with Crippen LogP contribution in [-0.4, -0.2) is 40.0 Å². The van der Waals surface area contributed by atoms with Gasteiger partial charge in [-0.3, -0.25) is 9.97 Å². The molecule has 0 unspecified atom stereocenters. The van der Waals surface area contributed by atoms with E-state index in [0.717, 1.165) is 17.9 Å². The highest BCUT2D eigenvalue weighted by molar-refractivity contribution is 5.00. The summed E-state index contributed by atoms with van der Waals surface area (Å²) in [6.45, 7) is 9.75. The molecule has 0 aliphatic carbocycles. The van der Waals surface area contributed by atoms with Crippen LogP contribution in [-0.2, 0) is 6.54 Å². The molecule has 0 atom stereocenters. The Balaban J connectivity index is 1.74. The van der Waals surface area contributed by atoms with Crippen molar-refractivity contribution in [3.05, 3.63) is 23.8 Å². The molecule has 0 amide bonds. The molecule has 0 bridgehead atoms. The molecule has 2 rings (SSSR count). The van der Waals surface area contributed by atoms with E-state index in [1.165, 1.54) is 25.9 Å². The van der Waals surface area contributed by atoms with Crippen LogP contribution >= 0.6 is 0 Å². The van der Waals surface area contributed by atoms with Crippen molar-refractivity contribution in [1.82, 2.24) is 20.2 Å². The minimum atomic E-state index is 0.628. The van der Waals surface area contributed by atoms with Crippen LogP contribution in [0.15, 0.2) is 12.4 Å². The summed E-state index contributed by atoms with van der Waals surface area (Å²) in [6, 6.07) is 1.30. The average molecular weight is 248 g/mol. The van der Waals surface area contributed by atoms with Gasteiger partial charge in [0.15, 0.2) is 0 Å². The summed E-state index contributed by atoms with van der Waals surface area (Å²) in [5.74, 6) is 0. The van der Waals surface area contributed by atoms with Crippen LogP contribution in [0.25, 0.3) is 0 Å². The number of likely N-dealkylation sites (tertiary alicyclic amines) is 1. The van der Waals surface area contributed by atoms with E-state index in [1.807, 2.05) is 19.3 Å². The summed E-state index contributed by atoms with van der Waals surface area (Å²) >= 11 is 0. The highest BCUT2D eigenvalue weighted by Crippen LogP contribution is 2.13. The predicted octanol–water partition coefficient (Wildman–Crippen LogP) is 1.75. The molecule has 1 N–H and O–H groups in total. The Morgan fingerprint density at radius 2 is 2.00 bits per heavy atom. The van der Waals surface area contributed by atoms with Gasteiger partial charge in [0.1, 0.15) is 0 Å². The van der Waals surface area contributed by atoms with E-state index >= 15 is 0 Å². The summed E-state index contributed by atoms with van der Waals surface area (Å²) in [5, 5.41) is 3.59. The number of aromatic nitrogens is 2. The molecule has 18 heavy (non-hydrogen) atoms. The highest BCUT2D eigenvalue weighted by atomic mass is 15.2. The molecular formula is C14H24N4. The Morgan fingerprint density at radius 3 is 2.56 bits per heavy atom. The van der Waals surface area contributed by atoms with E-state index in [1.54, 1.807) is 0 Å². The van der Waals surface area contributed by atoms with Gasteiger partial charge < -0.3 is 10.2 Å². The van der Waals surface area contributed by atoms with Crippen molar-refractivity contribution in [2.24, 2.45) is 0 Å². The molecule has 2 heterocycles. The van der Waals surface area contributed by atoms with Crippen LogP contribution in [0.3, 0.4) is 0 Å². The Morgan fingerprint density at radius 1 is 1.28 bits per heavy atom. The van der Waals surface area contributed by atoms with Crippen LogP contribution in [0.2, 0.25) is 0 Å². The molecule has 0 aromatic carbocycles. The Hall–Kier alpha value is -1.00. The van der Waals surface area contributed by atoms with Gasteiger partial charge in [-0.2, -0.15) is 0 Å². The van der Waals surface area contributed by atoms with Gasteiger partial charge in [-0.25, -0.2) is 0 Å². The maximum absolute atomic E-state index is 4.37. The van der Waals surface area contributed by atoms with E-state index < -0.39 is 0 Å². The zero-order chi connectivity index (χ0) is 13.0. The van der Waals surface area contributed by atoms with Gasteiger partial charge in [-0.15, -0.1) is 0 Å². The largest absolute Gasteiger partial charge is 0.308 e. The normalized spacial score (nSPS) is 18.4. The fourth-order valence-electron chi connectivity index (χ4n) is 2.38. The number of nitrogens with one attached hydrogen (secondary N) is 1. The first kappa shape index (κ1) is 13.4.